The molecular formula is C14H22ClN3. The number of rotatable bonds is 4. The molecule has 1 N–H and O–H groups in total. The molecule has 0 spiro atoms. The summed E-state index contributed by atoms with van der Waals surface area (Å²) in [5.41, 5.74) is 1.09. The van der Waals surface area contributed by atoms with Crippen molar-refractivity contribution in [3.8, 4) is 0 Å². The average Bonchev–Trinajstić information content (AvgIpc) is 2.56. The van der Waals surface area contributed by atoms with Crippen LogP contribution >= 0.6 is 11.6 Å². The van der Waals surface area contributed by atoms with Crippen molar-refractivity contribution in [3.05, 3.63) is 23.5 Å². The Labute approximate surface area is 115 Å². The minimum Gasteiger partial charge on any atom is -0.382 e. The molecule has 0 radical (unpaired) electrons. The van der Waals surface area contributed by atoms with Gasteiger partial charge in [0.2, 0.25) is 0 Å². The molecule has 2 rings (SSSR count). The lowest BCUT2D eigenvalue weighted by atomic mass is 10.1. The van der Waals surface area contributed by atoms with Crippen molar-refractivity contribution >= 4 is 17.3 Å². The second kappa shape index (κ2) is 6.95. The summed E-state index contributed by atoms with van der Waals surface area (Å²) in [4.78, 5) is 6.58. The van der Waals surface area contributed by atoms with E-state index in [1.807, 2.05) is 12.1 Å². The fourth-order valence-electron chi connectivity index (χ4n) is 2.57. The molecule has 1 unspecified atom stereocenters. The molecule has 100 valence electrons. The summed E-state index contributed by atoms with van der Waals surface area (Å²) in [5.74, 6) is 0. The van der Waals surface area contributed by atoms with Gasteiger partial charge >= 0.3 is 0 Å². The zero-order valence-corrected chi connectivity index (χ0v) is 11.8. The Morgan fingerprint density at radius 2 is 2.33 bits per heavy atom. The molecule has 1 aliphatic heterocycles. The summed E-state index contributed by atoms with van der Waals surface area (Å²) in [7, 11) is 0. The quantitative estimate of drug-likeness (QED) is 0.848. The molecule has 18 heavy (non-hydrogen) atoms. The van der Waals surface area contributed by atoms with Crippen molar-refractivity contribution in [3.63, 3.8) is 0 Å². The van der Waals surface area contributed by atoms with Gasteiger partial charge < -0.3 is 10.2 Å². The number of nitrogens with zero attached hydrogens (tertiary/aromatic N) is 2. The molecule has 1 atom stereocenters. The summed E-state index contributed by atoms with van der Waals surface area (Å²) in [6, 6.07) is 4.45. The molecule has 1 fully saturated rings. The fraction of sp³-hybridized carbons (Fsp3) is 0.643. The maximum atomic E-state index is 5.90. The van der Waals surface area contributed by atoms with Crippen LogP contribution in [0.5, 0.6) is 0 Å². The Kier molecular flexibility index (Phi) is 5.26. The molecule has 0 amide bonds. The summed E-state index contributed by atoms with van der Waals surface area (Å²) in [6.07, 6.45) is 6.72. The van der Waals surface area contributed by atoms with Gasteiger partial charge in [-0.15, -0.1) is 0 Å². The molecule has 1 aliphatic rings. The minimum absolute atomic E-state index is 0.557. The summed E-state index contributed by atoms with van der Waals surface area (Å²) < 4.78 is 0. The highest BCUT2D eigenvalue weighted by molar-refractivity contribution is 6.29. The van der Waals surface area contributed by atoms with Crippen LogP contribution in [0.3, 0.4) is 0 Å². The van der Waals surface area contributed by atoms with Crippen molar-refractivity contribution < 1.29 is 0 Å². The third-order valence-corrected chi connectivity index (χ3v) is 3.66. The van der Waals surface area contributed by atoms with Crippen molar-refractivity contribution in [2.45, 2.75) is 38.6 Å². The molecule has 1 saturated heterocycles. The number of hydrogen-bond acceptors (Lipinski definition) is 3. The molecule has 0 bridgehead atoms. The number of halogens is 1. The number of hydrogen-bond donors (Lipinski definition) is 1. The van der Waals surface area contributed by atoms with Crippen LogP contribution in [0.25, 0.3) is 0 Å². The number of nitrogens with one attached hydrogen (secondary N) is 1. The van der Waals surface area contributed by atoms with Gasteiger partial charge in [0.25, 0.3) is 0 Å². The van der Waals surface area contributed by atoms with Gasteiger partial charge in [0.05, 0.1) is 0 Å². The summed E-state index contributed by atoms with van der Waals surface area (Å²) in [5, 5.41) is 4.13. The first-order chi connectivity index (χ1) is 8.78. The maximum Gasteiger partial charge on any atom is 0.131 e. The average molecular weight is 268 g/mol. The molecule has 4 heteroatoms. The van der Waals surface area contributed by atoms with Crippen LogP contribution in [0.15, 0.2) is 18.3 Å². The van der Waals surface area contributed by atoms with Crippen molar-refractivity contribution in [2.24, 2.45) is 0 Å². The summed E-state index contributed by atoms with van der Waals surface area (Å²) in [6.45, 7) is 5.92. The topological polar surface area (TPSA) is 28.2 Å². The van der Waals surface area contributed by atoms with Gasteiger partial charge in [-0.3, -0.25) is 0 Å². The van der Waals surface area contributed by atoms with E-state index in [0.29, 0.717) is 11.2 Å². The fourth-order valence-corrected chi connectivity index (χ4v) is 2.74. The number of likely N-dealkylation sites (tertiary alicyclic amines) is 1. The van der Waals surface area contributed by atoms with Crippen molar-refractivity contribution in [1.82, 2.24) is 9.88 Å². The Morgan fingerprint density at radius 3 is 3.11 bits per heavy atom. The van der Waals surface area contributed by atoms with Crippen LogP contribution < -0.4 is 5.32 Å². The number of anilines is 1. The van der Waals surface area contributed by atoms with Crippen LogP contribution in [-0.2, 0) is 0 Å². The van der Waals surface area contributed by atoms with Crippen molar-refractivity contribution in [1.29, 1.82) is 0 Å². The molecule has 0 aliphatic carbocycles. The zero-order chi connectivity index (χ0) is 12.8. The third-order valence-electron chi connectivity index (χ3n) is 3.46. The Bertz CT molecular complexity index is 370. The van der Waals surface area contributed by atoms with E-state index >= 15 is 0 Å². The summed E-state index contributed by atoms with van der Waals surface area (Å²) >= 11 is 5.90. The lowest BCUT2D eigenvalue weighted by Crippen LogP contribution is -2.27. The maximum absolute atomic E-state index is 5.90. The highest BCUT2D eigenvalue weighted by Gasteiger charge is 2.16. The van der Waals surface area contributed by atoms with Crippen LogP contribution in [0.1, 0.15) is 32.6 Å². The molecule has 2 heterocycles. The predicted octanol–water partition coefficient (Wildman–Crippen LogP) is 3.41. The monoisotopic (exact) mass is 267 g/mol. The first-order valence-corrected chi connectivity index (χ1v) is 7.26. The van der Waals surface area contributed by atoms with Crippen molar-refractivity contribution in [2.75, 3.05) is 25.0 Å². The molecule has 3 nitrogen and oxygen atoms in total. The normalized spacial score (nSPS) is 21.6. The van der Waals surface area contributed by atoms with Crippen LogP contribution in [0.2, 0.25) is 5.15 Å². The molecule has 0 aromatic carbocycles. The zero-order valence-electron chi connectivity index (χ0n) is 11.0. The Balaban J connectivity index is 1.87. The first kappa shape index (κ1) is 13.6. The molecule has 1 aromatic rings. The van der Waals surface area contributed by atoms with Crippen LogP contribution in [-0.4, -0.2) is 35.6 Å². The van der Waals surface area contributed by atoms with Crippen LogP contribution in [0, 0.1) is 0 Å². The standard InChI is InChI=1S/C14H22ClN3/c1-2-8-18-9-3-4-12(6-10-18)17-13-5-7-16-14(15)11-13/h5,7,11-12H,2-4,6,8-10H2,1H3,(H,16,17). The highest BCUT2D eigenvalue weighted by atomic mass is 35.5. The van der Waals surface area contributed by atoms with Gasteiger partial charge in [-0.25, -0.2) is 4.98 Å². The van der Waals surface area contributed by atoms with E-state index in [9.17, 15) is 0 Å². The largest absolute Gasteiger partial charge is 0.382 e. The van der Waals surface area contributed by atoms with E-state index in [0.717, 1.165) is 5.69 Å². The smallest absolute Gasteiger partial charge is 0.131 e. The van der Waals surface area contributed by atoms with Gasteiger partial charge in [-0.2, -0.15) is 0 Å². The van der Waals surface area contributed by atoms with Gasteiger partial charge in [0.1, 0.15) is 5.15 Å². The second-order valence-corrected chi connectivity index (χ2v) is 5.37. The SMILES string of the molecule is CCCN1CCCC(Nc2ccnc(Cl)c2)CC1. The third kappa shape index (κ3) is 4.14. The molecular weight excluding hydrogens is 246 g/mol. The predicted molar refractivity (Wildman–Crippen MR) is 77.2 cm³/mol. The number of aromatic nitrogens is 1. The van der Waals surface area contributed by atoms with Crippen LogP contribution in [0.4, 0.5) is 5.69 Å². The van der Waals surface area contributed by atoms with Gasteiger partial charge in [0.15, 0.2) is 0 Å². The van der Waals surface area contributed by atoms with E-state index in [1.54, 1.807) is 6.20 Å². The first-order valence-electron chi connectivity index (χ1n) is 6.88. The lowest BCUT2D eigenvalue weighted by molar-refractivity contribution is 0.285. The van der Waals surface area contributed by atoms with Gasteiger partial charge in [0, 0.05) is 24.5 Å². The van der Waals surface area contributed by atoms with E-state index in [4.69, 9.17) is 11.6 Å². The number of pyridine rings is 1. The van der Waals surface area contributed by atoms with E-state index in [2.05, 4.69) is 22.1 Å². The van der Waals surface area contributed by atoms with E-state index < -0.39 is 0 Å². The minimum atomic E-state index is 0.557. The Hall–Kier alpha value is -0.800. The molecule has 0 saturated carbocycles. The van der Waals surface area contributed by atoms with E-state index in [-0.39, 0.29) is 0 Å². The molecule has 1 aromatic heterocycles. The lowest BCUT2D eigenvalue weighted by Gasteiger charge is -2.20. The Morgan fingerprint density at radius 1 is 1.44 bits per heavy atom. The van der Waals surface area contributed by atoms with Gasteiger partial charge in [-0.1, -0.05) is 18.5 Å². The highest BCUT2D eigenvalue weighted by Crippen LogP contribution is 2.18. The van der Waals surface area contributed by atoms with E-state index in [1.165, 1.54) is 45.3 Å². The second-order valence-electron chi connectivity index (χ2n) is 4.98. The van der Waals surface area contributed by atoms with Gasteiger partial charge in [-0.05, 0) is 50.9 Å².